The molecule has 0 aliphatic heterocycles. The number of rotatable bonds is 1. The van der Waals surface area contributed by atoms with Gasteiger partial charge in [0.1, 0.15) is 6.33 Å². The highest BCUT2D eigenvalue weighted by Gasteiger charge is 2.14. The first kappa shape index (κ1) is 15.0. The second-order valence-electron chi connectivity index (χ2n) is 6.32. The molecule has 0 unspecified atom stereocenters. The van der Waals surface area contributed by atoms with Crippen molar-refractivity contribution >= 4 is 48.1 Å². The Bertz CT molecular complexity index is 1360. The number of nitrogens with zero attached hydrogens (tertiary/aromatic N) is 3. The fraction of sp³-hybridized carbons (Fsp3) is 0.0455. The Morgan fingerprint density at radius 3 is 2.69 bits per heavy atom. The average Bonchev–Trinajstić information content (AvgIpc) is 3.05. The SMILES string of the molecule is [C-]#[N+]c1ccc2c(-c3cc(C)cc4c3sc3ccccc34)ncnc2c1. The molecule has 0 spiro atoms. The Hall–Kier alpha value is -3.29. The molecule has 26 heavy (non-hydrogen) atoms. The second kappa shape index (κ2) is 5.62. The van der Waals surface area contributed by atoms with Gasteiger partial charge in [-0.1, -0.05) is 30.3 Å². The molecule has 0 fully saturated rings. The largest absolute Gasteiger partial charge is 0.238 e. The van der Waals surface area contributed by atoms with Crippen LogP contribution in [-0.2, 0) is 0 Å². The summed E-state index contributed by atoms with van der Waals surface area (Å²) in [4.78, 5) is 12.5. The van der Waals surface area contributed by atoms with Gasteiger partial charge < -0.3 is 0 Å². The standard InChI is InChI=1S/C22H13N3S/c1-13-9-17-15-5-3-4-6-20(15)26-22(17)18(10-13)21-16-8-7-14(23-2)11-19(16)24-12-25-21/h3-12H,1H3. The Kier molecular flexibility index (Phi) is 3.24. The second-order valence-corrected chi connectivity index (χ2v) is 7.38. The Morgan fingerprint density at radius 2 is 1.81 bits per heavy atom. The molecule has 0 saturated carbocycles. The highest BCUT2D eigenvalue weighted by molar-refractivity contribution is 7.26. The van der Waals surface area contributed by atoms with E-state index in [1.165, 1.54) is 25.7 Å². The van der Waals surface area contributed by atoms with E-state index in [0.29, 0.717) is 5.69 Å². The Labute approximate surface area is 154 Å². The number of hydrogen-bond acceptors (Lipinski definition) is 3. The van der Waals surface area contributed by atoms with Crippen LogP contribution in [0.15, 0.2) is 60.9 Å². The fourth-order valence-corrected chi connectivity index (χ4v) is 4.68. The molecule has 3 aromatic carbocycles. The minimum Gasteiger partial charge on any atom is -0.238 e. The molecule has 0 N–H and O–H groups in total. The molecule has 0 radical (unpaired) electrons. The van der Waals surface area contributed by atoms with Gasteiger partial charge in [0, 0.05) is 31.1 Å². The molecule has 5 aromatic rings. The van der Waals surface area contributed by atoms with Crippen LogP contribution in [-0.4, -0.2) is 9.97 Å². The van der Waals surface area contributed by atoms with Gasteiger partial charge >= 0.3 is 0 Å². The molecular weight excluding hydrogens is 338 g/mol. The number of aryl methyl sites for hydroxylation is 1. The molecule has 5 rings (SSSR count). The predicted octanol–water partition coefficient (Wildman–Crippen LogP) is 6.52. The summed E-state index contributed by atoms with van der Waals surface area (Å²) >= 11 is 1.80. The van der Waals surface area contributed by atoms with Crippen LogP contribution in [0.4, 0.5) is 5.69 Å². The maximum atomic E-state index is 7.22. The van der Waals surface area contributed by atoms with Crippen molar-refractivity contribution in [3.05, 3.63) is 77.9 Å². The van der Waals surface area contributed by atoms with Crippen molar-refractivity contribution in [1.29, 1.82) is 0 Å². The summed E-state index contributed by atoms with van der Waals surface area (Å²) in [6.07, 6.45) is 1.59. The van der Waals surface area contributed by atoms with E-state index in [1.54, 1.807) is 17.7 Å². The van der Waals surface area contributed by atoms with Crippen molar-refractivity contribution in [2.45, 2.75) is 6.92 Å². The van der Waals surface area contributed by atoms with Gasteiger partial charge in [-0.3, -0.25) is 0 Å². The van der Waals surface area contributed by atoms with E-state index in [4.69, 9.17) is 6.57 Å². The zero-order valence-corrected chi connectivity index (χ0v) is 14.8. The summed E-state index contributed by atoms with van der Waals surface area (Å²) in [5, 5.41) is 3.53. The molecule has 2 aromatic heterocycles. The average molecular weight is 351 g/mol. The van der Waals surface area contributed by atoms with E-state index in [0.717, 1.165) is 22.2 Å². The summed E-state index contributed by atoms with van der Waals surface area (Å²) in [7, 11) is 0. The molecule has 4 heteroatoms. The maximum absolute atomic E-state index is 7.22. The molecule has 0 amide bonds. The smallest absolute Gasteiger partial charge is 0.189 e. The highest BCUT2D eigenvalue weighted by Crippen LogP contribution is 2.41. The Morgan fingerprint density at radius 1 is 0.923 bits per heavy atom. The molecule has 0 saturated heterocycles. The molecule has 2 heterocycles. The summed E-state index contributed by atoms with van der Waals surface area (Å²) < 4.78 is 2.52. The maximum Gasteiger partial charge on any atom is 0.189 e. The normalized spacial score (nSPS) is 11.2. The van der Waals surface area contributed by atoms with Gasteiger partial charge in [0.2, 0.25) is 0 Å². The number of benzene rings is 3. The van der Waals surface area contributed by atoms with Gasteiger partial charge in [0.25, 0.3) is 0 Å². The first-order valence-corrected chi connectivity index (χ1v) is 9.11. The Balaban J connectivity index is 1.90. The van der Waals surface area contributed by atoms with Crippen LogP contribution < -0.4 is 0 Å². The van der Waals surface area contributed by atoms with E-state index < -0.39 is 0 Å². The minimum atomic E-state index is 0.596. The fourth-order valence-electron chi connectivity index (χ4n) is 3.48. The van der Waals surface area contributed by atoms with Crippen molar-refractivity contribution in [3.8, 4) is 11.3 Å². The van der Waals surface area contributed by atoms with E-state index in [1.807, 2.05) is 18.2 Å². The molecule has 3 nitrogen and oxygen atoms in total. The van der Waals surface area contributed by atoms with E-state index in [-0.39, 0.29) is 0 Å². The van der Waals surface area contributed by atoms with Crippen molar-refractivity contribution in [3.63, 3.8) is 0 Å². The van der Waals surface area contributed by atoms with Crippen LogP contribution >= 0.6 is 11.3 Å². The third kappa shape index (κ3) is 2.18. The zero-order valence-electron chi connectivity index (χ0n) is 14.0. The van der Waals surface area contributed by atoms with E-state index >= 15 is 0 Å². The third-order valence-electron chi connectivity index (χ3n) is 4.63. The highest BCUT2D eigenvalue weighted by atomic mass is 32.1. The minimum absolute atomic E-state index is 0.596. The first-order chi connectivity index (χ1) is 12.7. The summed E-state index contributed by atoms with van der Waals surface area (Å²) in [5.41, 5.74) is 4.66. The summed E-state index contributed by atoms with van der Waals surface area (Å²) in [5.74, 6) is 0. The molecule has 0 aliphatic carbocycles. The van der Waals surface area contributed by atoms with Crippen LogP contribution in [0.25, 0.3) is 47.2 Å². The van der Waals surface area contributed by atoms with Gasteiger partial charge in [0.05, 0.1) is 17.8 Å². The monoisotopic (exact) mass is 351 g/mol. The van der Waals surface area contributed by atoms with Gasteiger partial charge in [-0.2, -0.15) is 0 Å². The lowest BCUT2D eigenvalue weighted by Crippen LogP contribution is -1.90. The quantitative estimate of drug-likeness (QED) is 0.322. The zero-order chi connectivity index (χ0) is 17.7. The number of fused-ring (bicyclic) bond motifs is 4. The molecule has 122 valence electrons. The summed E-state index contributed by atoms with van der Waals surface area (Å²) in [6, 6.07) is 18.6. The van der Waals surface area contributed by atoms with Crippen molar-refractivity contribution in [2.24, 2.45) is 0 Å². The molecular formula is C22H13N3S. The van der Waals surface area contributed by atoms with Gasteiger partial charge in [-0.25, -0.2) is 14.8 Å². The topological polar surface area (TPSA) is 30.1 Å². The predicted molar refractivity (Wildman–Crippen MR) is 109 cm³/mol. The lowest BCUT2D eigenvalue weighted by molar-refractivity contribution is 1.23. The molecule has 0 aliphatic rings. The van der Waals surface area contributed by atoms with Gasteiger partial charge in [-0.05, 0) is 36.8 Å². The lowest BCUT2D eigenvalue weighted by atomic mass is 10.0. The van der Waals surface area contributed by atoms with Crippen molar-refractivity contribution in [1.82, 2.24) is 9.97 Å². The third-order valence-corrected chi connectivity index (χ3v) is 5.85. The van der Waals surface area contributed by atoms with Crippen LogP contribution in [0.5, 0.6) is 0 Å². The molecule has 0 bridgehead atoms. The van der Waals surface area contributed by atoms with Gasteiger partial charge in [0.15, 0.2) is 5.69 Å². The number of thiophene rings is 1. The van der Waals surface area contributed by atoms with Gasteiger partial charge in [-0.15, -0.1) is 11.3 Å². The van der Waals surface area contributed by atoms with Crippen LogP contribution in [0.3, 0.4) is 0 Å². The van der Waals surface area contributed by atoms with E-state index in [9.17, 15) is 0 Å². The number of hydrogen-bond donors (Lipinski definition) is 0. The van der Waals surface area contributed by atoms with Crippen molar-refractivity contribution in [2.75, 3.05) is 0 Å². The van der Waals surface area contributed by atoms with Crippen LogP contribution in [0.1, 0.15) is 5.56 Å². The van der Waals surface area contributed by atoms with Crippen LogP contribution in [0.2, 0.25) is 0 Å². The van der Waals surface area contributed by atoms with Crippen LogP contribution in [0, 0.1) is 13.5 Å². The first-order valence-electron chi connectivity index (χ1n) is 8.29. The van der Waals surface area contributed by atoms with Crippen molar-refractivity contribution < 1.29 is 0 Å². The number of aromatic nitrogens is 2. The van der Waals surface area contributed by atoms with E-state index in [2.05, 4.69) is 58.1 Å². The molecule has 0 atom stereocenters. The lowest BCUT2D eigenvalue weighted by Gasteiger charge is -2.08. The summed E-state index contributed by atoms with van der Waals surface area (Å²) in [6.45, 7) is 9.34.